The van der Waals surface area contributed by atoms with Crippen molar-refractivity contribution in [2.45, 2.75) is 20.3 Å². The van der Waals surface area contributed by atoms with Crippen molar-refractivity contribution in [1.82, 2.24) is 14.7 Å². The van der Waals surface area contributed by atoms with Gasteiger partial charge in [0.05, 0.1) is 5.69 Å². The smallest absolute Gasteiger partial charge is 0.123 e. The summed E-state index contributed by atoms with van der Waals surface area (Å²) in [7, 11) is 6.06. The maximum Gasteiger partial charge on any atom is 0.123 e. The average molecular weight is 273 g/mol. The summed E-state index contributed by atoms with van der Waals surface area (Å²) in [6, 6.07) is 5.85. The highest BCUT2D eigenvalue weighted by atomic mass is 16.3. The molecule has 0 fully saturated rings. The fraction of sp³-hybridized carbons (Fsp3) is 0.438. The number of likely N-dealkylation sites (N-methyl/N-ethyl adjacent to an activating group) is 1. The van der Waals surface area contributed by atoms with E-state index in [-0.39, 0.29) is 0 Å². The van der Waals surface area contributed by atoms with E-state index in [4.69, 9.17) is 0 Å². The summed E-state index contributed by atoms with van der Waals surface area (Å²) in [6.07, 6.45) is 0.971. The molecule has 0 saturated heterocycles. The van der Waals surface area contributed by atoms with E-state index >= 15 is 0 Å². The van der Waals surface area contributed by atoms with Crippen LogP contribution in [0.15, 0.2) is 18.2 Å². The molecule has 0 unspecified atom stereocenters. The molecular weight excluding hydrogens is 250 g/mol. The van der Waals surface area contributed by atoms with Gasteiger partial charge in [0.1, 0.15) is 5.75 Å². The zero-order valence-corrected chi connectivity index (χ0v) is 12.9. The molecule has 1 aromatic carbocycles. The zero-order valence-electron chi connectivity index (χ0n) is 12.9. The summed E-state index contributed by atoms with van der Waals surface area (Å²) < 4.78 is 1.86. The minimum Gasteiger partial charge on any atom is -0.507 e. The van der Waals surface area contributed by atoms with E-state index in [2.05, 4.69) is 30.2 Å². The predicted molar refractivity (Wildman–Crippen MR) is 82.0 cm³/mol. The van der Waals surface area contributed by atoms with Gasteiger partial charge in [0.25, 0.3) is 0 Å². The van der Waals surface area contributed by atoms with Gasteiger partial charge in [-0.1, -0.05) is 6.07 Å². The van der Waals surface area contributed by atoms with Gasteiger partial charge in [0.15, 0.2) is 0 Å². The zero-order chi connectivity index (χ0) is 14.9. The number of rotatable bonds is 4. The van der Waals surface area contributed by atoms with Crippen molar-refractivity contribution in [2.75, 3.05) is 20.6 Å². The van der Waals surface area contributed by atoms with Crippen LogP contribution in [0.25, 0.3) is 11.1 Å². The highest BCUT2D eigenvalue weighted by Crippen LogP contribution is 2.34. The minimum atomic E-state index is 0.317. The summed E-state index contributed by atoms with van der Waals surface area (Å²) in [5.41, 5.74) is 5.17. The van der Waals surface area contributed by atoms with Crippen LogP contribution in [-0.4, -0.2) is 40.4 Å². The highest BCUT2D eigenvalue weighted by Gasteiger charge is 2.15. The Hall–Kier alpha value is -1.81. The lowest BCUT2D eigenvalue weighted by Crippen LogP contribution is -2.15. The number of phenolic OH excluding ortho intramolecular Hbond substituents is 1. The van der Waals surface area contributed by atoms with Gasteiger partial charge in [0, 0.05) is 30.4 Å². The molecule has 1 N–H and O–H groups in total. The van der Waals surface area contributed by atoms with Crippen LogP contribution in [-0.2, 0) is 13.5 Å². The van der Waals surface area contributed by atoms with Gasteiger partial charge in [0.2, 0.25) is 0 Å². The number of hydrogen-bond donors (Lipinski definition) is 1. The van der Waals surface area contributed by atoms with Crippen LogP contribution in [0.1, 0.15) is 17.0 Å². The molecule has 0 aliphatic heterocycles. The van der Waals surface area contributed by atoms with E-state index in [9.17, 15) is 5.11 Å². The number of benzene rings is 1. The number of nitrogens with zero attached hydrogens (tertiary/aromatic N) is 3. The van der Waals surface area contributed by atoms with Gasteiger partial charge in [-0.3, -0.25) is 4.68 Å². The molecule has 0 spiro atoms. The molecule has 2 rings (SSSR count). The summed E-state index contributed by atoms with van der Waals surface area (Å²) >= 11 is 0. The second-order valence-corrected chi connectivity index (χ2v) is 5.57. The monoisotopic (exact) mass is 273 g/mol. The lowest BCUT2D eigenvalue weighted by Gasteiger charge is -2.12. The van der Waals surface area contributed by atoms with Gasteiger partial charge in [-0.2, -0.15) is 5.10 Å². The average Bonchev–Trinajstić information content (AvgIpc) is 2.63. The first kappa shape index (κ1) is 14.6. The van der Waals surface area contributed by atoms with E-state index in [1.807, 2.05) is 31.6 Å². The summed E-state index contributed by atoms with van der Waals surface area (Å²) in [5, 5.41) is 14.6. The second-order valence-electron chi connectivity index (χ2n) is 5.57. The van der Waals surface area contributed by atoms with Crippen LogP contribution in [0.4, 0.5) is 0 Å². The molecule has 0 atom stereocenters. The number of aromatic hydroxyl groups is 1. The van der Waals surface area contributed by atoms with Gasteiger partial charge in [-0.25, -0.2) is 0 Å². The lowest BCUT2D eigenvalue weighted by molar-refractivity contribution is 0.413. The Balaban J connectivity index is 2.42. The summed E-state index contributed by atoms with van der Waals surface area (Å²) in [5.74, 6) is 0.317. The van der Waals surface area contributed by atoms with Gasteiger partial charge < -0.3 is 10.0 Å². The second kappa shape index (κ2) is 5.67. The van der Waals surface area contributed by atoms with Crippen LogP contribution in [0, 0.1) is 13.8 Å². The molecule has 0 saturated carbocycles. The number of aromatic nitrogens is 2. The molecule has 4 heteroatoms. The summed E-state index contributed by atoms with van der Waals surface area (Å²) in [4.78, 5) is 2.16. The van der Waals surface area contributed by atoms with Crippen molar-refractivity contribution in [1.29, 1.82) is 0 Å². The third kappa shape index (κ3) is 2.85. The van der Waals surface area contributed by atoms with Gasteiger partial charge in [-0.15, -0.1) is 0 Å². The quantitative estimate of drug-likeness (QED) is 0.930. The van der Waals surface area contributed by atoms with E-state index in [0.29, 0.717) is 5.75 Å². The van der Waals surface area contributed by atoms with Crippen molar-refractivity contribution < 1.29 is 5.11 Å². The first-order valence-corrected chi connectivity index (χ1v) is 6.87. The summed E-state index contributed by atoms with van der Waals surface area (Å²) in [6.45, 7) is 5.00. The first-order valence-electron chi connectivity index (χ1n) is 6.87. The maximum absolute atomic E-state index is 10.2. The van der Waals surface area contributed by atoms with E-state index in [0.717, 1.165) is 35.5 Å². The van der Waals surface area contributed by atoms with E-state index in [1.54, 1.807) is 6.07 Å². The highest BCUT2D eigenvalue weighted by molar-refractivity contribution is 5.74. The number of hydrogen-bond acceptors (Lipinski definition) is 3. The Morgan fingerprint density at radius 2 is 1.95 bits per heavy atom. The van der Waals surface area contributed by atoms with Crippen molar-refractivity contribution >= 4 is 0 Å². The molecule has 1 aromatic heterocycles. The minimum absolute atomic E-state index is 0.317. The molecule has 0 bridgehead atoms. The molecule has 0 aliphatic rings. The van der Waals surface area contributed by atoms with Gasteiger partial charge in [-0.05, 0) is 52.1 Å². The van der Waals surface area contributed by atoms with Crippen molar-refractivity contribution in [3.8, 4) is 16.9 Å². The van der Waals surface area contributed by atoms with E-state index < -0.39 is 0 Å². The Bertz CT molecular complexity index is 614. The van der Waals surface area contributed by atoms with Crippen LogP contribution < -0.4 is 0 Å². The molecular formula is C16H23N3O. The molecule has 108 valence electrons. The molecule has 4 nitrogen and oxygen atoms in total. The van der Waals surface area contributed by atoms with Crippen LogP contribution >= 0.6 is 0 Å². The van der Waals surface area contributed by atoms with Crippen molar-refractivity contribution in [3.63, 3.8) is 0 Å². The SMILES string of the molecule is Cc1nn(C)c(C)c1-c1cc(CCN(C)C)ccc1O. The normalized spacial score (nSPS) is 11.3. The maximum atomic E-state index is 10.2. The Kier molecular flexibility index (Phi) is 4.14. The fourth-order valence-electron chi connectivity index (χ4n) is 2.46. The first-order chi connectivity index (χ1) is 9.40. The molecule has 20 heavy (non-hydrogen) atoms. The topological polar surface area (TPSA) is 41.3 Å². The van der Waals surface area contributed by atoms with E-state index in [1.165, 1.54) is 5.56 Å². The Morgan fingerprint density at radius 3 is 2.50 bits per heavy atom. The van der Waals surface area contributed by atoms with Crippen LogP contribution in [0.2, 0.25) is 0 Å². The molecule has 1 heterocycles. The van der Waals surface area contributed by atoms with Gasteiger partial charge >= 0.3 is 0 Å². The largest absolute Gasteiger partial charge is 0.507 e. The molecule has 2 aromatic rings. The van der Waals surface area contributed by atoms with Crippen LogP contribution in [0.3, 0.4) is 0 Å². The number of aryl methyl sites for hydroxylation is 2. The third-order valence-corrected chi connectivity index (χ3v) is 3.69. The van der Waals surface area contributed by atoms with Crippen molar-refractivity contribution in [2.24, 2.45) is 7.05 Å². The fourth-order valence-corrected chi connectivity index (χ4v) is 2.46. The molecule has 0 amide bonds. The molecule has 0 aliphatic carbocycles. The lowest BCUT2D eigenvalue weighted by atomic mass is 9.99. The Morgan fingerprint density at radius 1 is 1.25 bits per heavy atom. The Labute approximate surface area is 120 Å². The predicted octanol–water partition coefficient (Wildman–Crippen LogP) is 2.51. The number of phenols is 1. The third-order valence-electron chi connectivity index (χ3n) is 3.69. The standard InChI is InChI=1S/C16H23N3O/c1-11-16(12(2)19(5)17-11)14-10-13(6-7-15(14)20)8-9-18(3)4/h6-7,10,20H,8-9H2,1-5H3. The van der Waals surface area contributed by atoms with Crippen molar-refractivity contribution in [3.05, 3.63) is 35.2 Å². The van der Waals surface area contributed by atoms with Crippen LogP contribution in [0.5, 0.6) is 5.75 Å². The molecule has 0 radical (unpaired) electrons.